The van der Waals surface area contributed by atoms with E-state index in [9.17, 15) is 17.6 Å². The van der Waals surface area contributed by atoms with Crippen molar-refractivity contribution in [2.45, 2.75) is 4.90 Å². The summed E-state index contributed by atoms with van der Waals surface area (Å²) in [6, 6.07) is 9.46. The highest BCUT2D eigenvalue weighted by atomic mass is 32.2. The number of nitrogens with zero attached hydrogens (tertiary/aromatic N) is 1. The lowest BCUT2D eigenvalue weighted by atomic mass is 10.2. The Morgan fingerprint density at radius 1 is 1.15 bits per heavy atom. The van der Waals surface area contributed by atoms with Crippen LogP contribution in [-0.4, -0.2) is 52.0 Å². The Labute approximate surface area is 156 Å². The van der Waals surface area contributed by atoms with Gasteiger partial charge in [-0.2, -0.15) is 4.31 Å². The molecule has 3 rings (SSSR count). The number of amides is 1. The minimum Gasteiger partial charge on any atom is -0.495 e. The molecule has 1 aliphatic heterocycles. The van der Waals surface area contributed by atoms with Gasteiger partial charge in [-0.05, 0) is 42.5 Å². The number of hydrogen-bond donors (Lipinski definition) is 1. The van der Waals surface area contributed by atoms with Gasteiger partial charge in [0.15, 0.2) is 0 Å². The van der Waals surface area contributed by atoms with Crippen LogP contribution < -0.4 is 10.1 Å². The van der Waals surface area contributed by atoms with E-state index in [0.29, 0.717) is 18.9 Å². The quantitative estimate of drug-likeness (QED) is 0.840. The number of methoxy groups -OCH3 is 1. The summed E-state index contributed by atoms with van der Waals surface area (Å²) in [6.45, 7) is 1.09. The topological polar surface area (TPSA) is 84.9 Å². The number of halogens is 1. The van der Waals surface area contributed by atoms with E-state index in [1.54, 1.807) is 0 Å². The standard InChI is InChI=1S/C18H19FN2O5S/c1-25-16-7-2-13(18(22)20-15-5-3-14(19)4-6-15)12-17(16)27(23,24)21-8-10-26-11-9-21/h2-7,12H,8-11H2,1H3,(H,20,22). The predicted molar refractivity (Wildman–Crippen MR) is 96.9 cm³/mol. The van der Waals surface area contributed by atoms with Crippen LogP contribution in [0.1, 0.15) is 10.4 Å². The molecule has 0 unspecified atom stereocenters. The summed E-state index contributed by atoms with van der Waals surface area (Å²) >= 11 is 0. The first-order valence-electron chi connectivity index (χ1n) is 8.24. The number of sulfonamides is 1. The van der Waals surface area contributed by atoms with Gasteiger partial charge in [0.25, 0.3) is 5.91 Å². The molecule has 144 valence electrons. The number of ether oxygens (including phenoxy) is 2. The third kappa shape index (κ3) is 4.26. The summed E-state index contributed by atoms with van der Waals surface area (Å²) in [5, 5.41) is 2.61. The number of benzene rings is 2. The minimum absolute atomic E-state index is 0.0846. The Bertz CT molecular complexity index is 925. The maximum atomic E-state index is 13.0. The predicted octanol–water partition coefficient (Wildman–Crippen LogP) is 2.11. The van der Waals surface area contributed by atoms with Crippen molar-refractivity contribution in [2.24, 2.45) is 0 Å². The van der Waals surface area contributed by atoms with Gasteiger partial charge in [-0.3, -0.25) is 4.79 Å². The Balaban J connectivity index is 1.90. The lowest BCUT2D eigenvalue weighted by molar-refractivity contribution is 0.0729. The zero-order chi connectivity index (χ0) is 19.4. The van der Waals surface area contributed by atoms with E-state index in [4.69, 9.17) is 9.47 Å². The Hall–Kier alpha value is -2.49. The number of carbonyl (C=O) groups is 1. The van der Waals surface area contributed by atoms with Crippen LogP contribution in [0.4, 0.5) is 10.1 Å². The van der Waals surface area contributed by atoms with Crippen LogP contribution in [0.15, 0.2) is 47.4 Å². The number of rotatable bonds is 5. The molecule has 1 N–H and O–H groups in total. The summed E-state index contributed by atoms with van der Waals surface area (Å²) in [6.07, 6.45) is 0. The molecule has 1 fully saturated rings. The molecule has 1 saturated heterocycles. The van der Waals surface area contributed by atoms with Gasteiger partial charge in [0.2, 0.25) is 10.0 Å². The summed E-state index contributed by atoms with van der Waals surface area (Å²) in [4.78, 5) is 12.4. The first-order chi connectivity index (χ1) is 12.9. The van der Waals surface area contributed by atoms with Gasteiger partial charge in [-0.15, -0.1) is 0 Å². The van der Waals surface area contributed by atoms with Crippen molar-refractivity contribution in [1.29, 1.82) is 0 Å². The molecule has 0 aromatic heterocycles. The Kier molecular flexibility index (Phi) is 5.73. The second kappa shape index (κ2) is 8.03. The molecule has 7 nitrogen and oxygen atoms in total. The van der Waals surface area contributed by atoms with Crippen LogP contribution in [0.5, 0.6) is 5.75 Å². The molecular formula is C18H19FN2O5S. The molecule has 0 aliphatic carbocycles. The molecule has 0 saturated carbocycles. The molecule has 0 bridgehead atoms. The zero-order valence-corrected chi connectivity index (χ0v) is 15.5. The van der Waals surface area contributed by atoms with Gasteiger partial charge in [0.05, 0.1) is 20.3 Å². The first-order valence-corrected chi connectivity index (χ1v) is 9.68. The smallest absolute Gasteiger partial charge is 0.255 e. The van der Waals surface area contributed by atoms with Gasteiger partial charge in [0.1, 0.15) is 16.5 Å². The Morgan fingerprint density at radius 2 is 1.81 bits per heavy atom. The van der Waals surface area contributed by atoms with Crippen molar-refractivity contribution in [1.82, 2.24) is 4.31 Å². The van der Waals surface area contributed by atoms with Crippen molar-refractivity contribution in [3.63, 3.8) is 0 Å². The highest BCUT2D eigenvalue weighted by molar-refractivity contribution is 7.89. The van der Waals surface area contributed by atoms with Crippen molar-refractivity contribution in [3.05, 3.63) is 53.8 Å². The molecule has 0 radical (unpaired) electrons. The zero-order valence-electron chi connectivity index (χ0n) is 14.6. The van der Waals surface area contributed by atoms with Gasteiger partial charge < -0.3 is 14.8 Å². The van der Waals surface area contributed by atoms with E-state index in [1.807, 2.05) is 0 Å². The highest BCUT2D eigenvalue weighted by Gasteiger charge is 2.30. The number of carbonyl (C=O) groups excluding carboxylic acids is 1. The van der Waals surface area contributed by atoms with Gasteiger partial charge >= 0.3 is 0 Å². The monoisotopic (exact) mass is 394 g/mol. The third-order valence-electron chi connectivity index (χ3n) is 4.12. The van der Waals surface area contributed by atoms with Crippen LogP contribution in [0.25, 0.3) is 0 Å². The molecule has 27 heavy (non-hydrogen) atoms. The van der Waals surface area contributed by atoms with E-state index in [0.717, 1.165) is 0 Å². The normalized spacial score (nSPS) is 15.3. The molecule has 0 atom stereocenters. The second-order valence-corrected chi connectivity index (χ2v) is 7.75. The first kappa shape index (κ1) is 19.3. The lowest BCUT2D eigenvalue weighted by Crippen LogP contribution is -2.40. The fourth-order valence-corrected chi connectivity index (χ4v) is 4.27. The molecular weight excluding hydrogens is 375 g/mol. The van der Waals surface area contributed by atoms with Crippen molar-refractivity contribution < 1.29 is 27.1 Å². The van der Waals surface area contributed by atoms with Crippen LogP contribution in [0, 0.1) is 5.82 Å². The maximum Gasteiger partial charge on any atom is 0.255 e. The van der Waals surface area contributed by atoms with E-state index in [2.05, 4.69) is 5.32 Å². The third-order valence-corrected chi connectivity index (χ3v) is 6.04. The molecule has 2 aromatic carbocycles. The number of anilines is 1. The summed E-state index contributed by atoms with van der Waals surface area (Å²) in [5.74, 6) is -0.779. The van der Waals surface area contributed by atoms with Gasteiger partial charge in [-0.25, -0.2) is 12.8 Å². The summed E-state index contributed by atoms with van der Waals surface area (Å²) in [5.41, 5.74) is 0.543. The number of hydrogen-bond acceptors (Lipinski definition) is 5. The SMILES string of the molecule is COc1ccc(C(=O)Nc2ccc(F)cc2)cc1S(=O)(=O)N1CCOCC1. The van der Waals surface area contributed by atoms with Crippen molar-refractivity contribution in [3.8, 4) is 5.75 Å². The van der Waals surface area contributed by atoms with Gasteiger partial charge in [0, 0.05) is 24.3 Å². The average molecular weight is 394 g/mol. The van der Waals surface area contributed by atoms with Crippen LogP contribution >= 0.6 is 0 Å². The van der Waals surface area contributed by atoms with Crippen LogP contribution in [0.3, 0.4) is 0 Å². The molecule has 9 heteroatoms. The van der Waals surface area contributed by atoms with Crippen molar-refractivity contribution in [2.75, 3.05) is 38.7 Å². The average Bonchev–Trinajstić information content (AvgIpc) is 2.69. The number of morpholine rings is 1. The lowest BCUT2D eigenvalue weighted by Gasteiger charge is -2.26. The fraction of sp³-hybridized carbons (Fsp3) is 0.278. The Morgan fingerprint density at radius 3 is 2.44 bits per heavy atom. The van der Waals surface area contributed by atoms with E-state index in [-0.39, 0.29) is 29.3 Å². The molecule has 1 aliphatic rings. The minimum atomic E-state index is -3.84. The van der Waals surface area contributed by atoms with Crippen LogP contribution in [0.2, 0.25) is 0 Å². The van der Waals surface area contributed by atoms with Gasteiger partial charge in [-0.1, -0.05) is 0 Å². The molecule has 1 heterocycles. The van der Waals surface area contributed by atoms with E-state index >= 15 is 0 Å². The summed E-state index contributed by atoms with van der Waals surface area (Å²) in [7, 11) is -2.47. The van der Waals surface area contributed by atoms with E-state index in [1.165, 1.54) is 53.9 Å². The molecule has 0 spiro atoms. The fourth-order valence-electron chi connectivity index (χ4n) is 2.68. The largest absolute Gasteiger partial charge is 0.495 e. The molecule has 1 amide bonds. The van der Waals surface area contributed by atoms with Crippen LogP contribution in [-0.2, 0) is 14.8 Å². The van der Waals surface area contributed by atoms with E-state index < -0.39 is 21.7 Å². The summed E-state index contributed by atoms with van der Waals surface area (Å²) < 4.78 is 50.6. The highest BCUT2D eigenvalue weighted by Crippen LogP contribution is 2.28. The molecule has 2 aromatic rings. The maximum absolute atomic E-state index is 13.0. The second-order valence-electron chi connectivity index (χ2n) is 5.84. The number of nitrogens with one attached hydrogen (secondary N) is 1. The van der Waals surface area contributed by atoms with Crippen molar-refractivity contribution >= 4 is 21.6 Å².